The lowest BCUT2D eigenvalue weighted by atomic mass is 9.91. The number of likely N-dealkylation sites (tertiary alicyclic amines) is 1. The molecule has 40 heavy (non-hydrogen) atoms. The fourth-order valence-electron chi connectivity index (χ4n) is 6.30. The van der Waals surface area contributed by atoms with E-state index >= 15 is 0 Å². The van der Waals surface area contributed by atoms with E-state index in [-0.39, 0.29) is 5.57 Å². The molecule has 4 aliphatic rings. The van der Waals surface area contributed by atoms with Crippen molar-refractivity contribution in [3.8, 4) is 17.3 Å². The summed E-state index contributed by atoms with van der Waals surface area (Å²) in [5.74, 6) is 1.45. The molecule has 9 nitrogen and oxygen atoms in total. The van der Waals surface area contributed by atoms with Crippen LogP contribution in [0, 0.1) is 17.1 Å². The highest BCUT2D eigenvalue weighted by molar-refractivity contribution is 7.99. The van der Waals surface area contributed by atoms with Crippen LogP contribution in [0.3, 0.4) is 0 Å². The van der Waals surface area contributed by atoms with Gasteiger partial charge < -0.3 is 20.3 Å². The number of thioether (sulfide) groups is 1. The van der Waals surface area contributed by atoms with Gasteiger partial charge in [-0.1, -0.05) is 0 Å². The van der Waals surface area contributed by atoms with Crippen molar-refractivity contribution in [3.05, 3.63) is 34.4 Å². The van der Waals surface area contributed by atoms with Crippen LogP contribution in [0.4, 0.5) is 16.2 Å². The van der Waals surface area contributed by atoms with E-state index < -0.39 is 5.82 Å². The smallest absolute Gasteiger partial charge is 0.228 e. The number of fused-ring (bicyclic) bond motifs is 4. The zero-order valence-corrected chi connectivity index (χ0v) is 24.5. The Morgan fingerprint density at radius 2 is 1.93 bits per heavy atom. The first-order valence-corrected chi connectivity index (χ1v) is 15.0. The number of benzene rings is 1. The van der Waals surface area contributed by atoms with Crippen molar-refractivity contribution in [2.75, 3.05) is 55.8 Å². The minimum atomic E-state index is -0.451. The zero-order chi connectivity index (χ0) is 27.7. The summed E-state index contributed by atoms with van der Waals surface area (Å²) in [4.78, 5) is 22.0. The number of aromatic nitrogens is 3. The van der Waals surface area contributed by atoms with Crippen LogP contribution in [0.2, 0.25) is 0 Å². The number of rotatable bonds is 4. The van der Waals surface area contributed by atoms with Gasteiger partial charge in [0.1, 0.15) is 11.9 Å². The van der Waals surface area contributed by atoms with Gasteiger partial charge in [-0.25, -0.2) is 9.37 Å². The number of hydrogen-bond acceptors (Lipinski definition) is 10. The van der Waals surface area contributed by atoms with Crippen molar-refractivity contribution in [2.45, 2.75) is 37.0 Å². The quantitative estimate of drug-likeness (QED) is 0.466. The first kappa shape index (κ1) is 25.9. The standard InChI is InChI=1S/C28H30FN8OPS/c1-35(2)27-22-17-12-38-11-16(17)20(23-21-15(7-30)19(31)13-40-26(21)18(29)8-32-23)25(39)24(22)33-28(34-27)37-9-14(10-37)36-5-3-4-6-36/h8,14H,3-6,9-13,31,39H2,1-2H3. The highest BCUT2D eigenvalue weighted by atomic mass is 32.2. The lowest BCUT2D eigenvalue weighted by Crippen LogP contribution is -2.59. The van der Waals surface area contributed by atoms with Crippen LogP contribution in [-0.2, 0) is 18.0 Å². The van der Waals surface area contributed by atoms with Gasteiger partial charge in [-0.05, 0) is 37.1 Å². The van der Waals surface area contributed by atoms with Crippen LogP contribution in [0.5, 0.6) is 0 Å². The molecule has 3 aromatic rings. The number of nitrogens with two attached hydrogens (primary N) is 1. The molecule has 0 aliphatic carbocycles. The number of ether oxygens (including phenoxy) is 1. The molecule has 0 bridgehead atoms. The molecule has 0 spiro atoms. The maximum atomic E-state index is 15.0. The van der Waals surface area contributed by atoms with Gasteiger partial charge in [-0.2, -0.15) is 10.2 Å². The zero-order valence-electron chi connectivity index (χ0n) is 22.5. The Morgan fingerprint density at radius 3 is 2.65 bits per heavy atom. The molecule has 0 amide bonds. The van der Waals surface area contributed by atoms with Crippen molar-refractivity contribution < 1.29 is 9.13 Å². The SMILES string of the molecule is CN(C)c1nc(N2CC(N3CCCC3)C2)nc2c(P)c(-c3ncc(F)c4c3C(C#N)=C(N)CS4)c3c(c12)COC3. The molecule has 2 fully saturated rings. The molecule has 0 radical (unpaired) electrons. The summed E-state index contributed by atoms with van der Waals surface area (Å²) < 4.78 is 21.0. The average Bonchev–Trinajstić information content (AvgIpc) is 3.61. The van der Waals surface area contributed by atoms with Crippen LogP contribution in [0.15, 0.2) is 16.8 Å². The topological polar surface area (TPSA) is 107 Å². The highest BCUT2D eigenvalue weighted by Gasteiger charge is 2.37. The third-order valence-corrected chi connectivity index (χ3v) is 10.1. The number of allylic oxidation sites excluding steroid dienone is 1. The molecule has 2 saturated heterocycles. The van der Waals surface area contributed by atoms with Crippen LogP contribution in [-0.4, -0.2) is 71.9 Å². The van der Waals surface area contributed by atoms with Crippen molar-refractivity contribution in [1.29, 1.82) is 5.26 Å². The van der Waals surface area contributed by atoms with Gasteiger partial charge in [0.2, 0.25) is 5.95 Å². The summed E-state index contributed by atoms with van der Waals surface area (Å²) in [5, 5.41) is 11.8. The lowest BCUT2D eigenvalue weighted by molar-refractivity contribution is 0.135. The summed E-state index contributed by atoms with van der Waals surface area (Å²) >= 11 is 1.30. The Bertz CT molecular complexity index is 1640. The van der Waals surface area contributed by atoms with Gasteiger partial charge in [0, 0.05) is 66.5 Å². The molecule has 1 unspecified atom stereocenters. The second-order valence-electron chi connectivity index (χ2n) is 11.0. The molecule has 206 valence electrons. The van der Waals surface area contributed by atoms with E-state index in [1.165, 1.54) is 43.9 Å². The van der Waals surface area contributed by atoms with E-state index in [1.54, 1.807) is 0 Å². The summed E-state index contributed by atoms with van der Waals surface area (Å²) in [7, 11) is 6.85. The summed E-state index contributed by atoms with van der Waals surface area (Å²) in [5.41, 5.74) is 11.5. The predicted octanol–water partition coefficient (Wildman–Crippen LogP) is 3.01. The first-order valence-electron chi connectivity index (χ1n) is 13.5. The predicted molar refractivity (Wildman–Crippen MR) is 159 cm³/mol. The summed E-state index contributed by atoms with van der Waals surface area (Å²) in [6.45, 7) is 4.94. The first-order chi connectivity index (χ1) is 19.4. The van der Waals surface area contributed by atoms with E-state index in [9.17, 15) is 9.65 Å². The van der Waals surface area contributed by atoms with Crippen LogP contribution in [0.25, 0.3) is 27.7 Å². The molecule has 1 atom stereocenters. The second kappa shape index (κ2) is 9.81. The molecule has 4 aliphatic heterocycles. The number of nitriles is 1. The molecule has 6 heterocycles. The van der Waals surface area contributed by atoms with Gasteiger partial charge >= 0.3 is 0 Å². The molecule has 0 saturated carbocycles. The number of nitrogens with zero attached hydrogens (tertiary/aromatic N) is 7. The summed E-state index contributed by atoms with van der Waals surface area (Å²) in [6.07, 6.45) is 3.78. The third kappa shape index (κ3) is 3.88. The molecule has 1 aromatic carbocycles. The van der Waals surface area contributed by atoms with Gasteiger partial charge in [0.15, 0.2) is 5.82 Å². The molecule has 12 heteroatoms. The number of pyridine rings is 1. The minimum Gasteiger partial charge on any atom is -0.400 e. The number of halogens is 1. The van der Waals surface area contributed by atoms with Crippen molar-refractivity contribution in [3.63, 3.8) is 0 Å². The van der Waals surface area contributed by atoms with E-state index in [4.69, 9.17) is 20.4 Å². The van der Waals surface area contributed by atoms with Crippen molar-refractivity contribution in [1.82, 2.24) is 19.9 Å². The second-order valence-corrected chi connectivity index (χ2v) is 12.5. The van der Waals surface area contributed by atoms with Crippen LogP contribution in [0.1, 0.15) is 29.5 Å². The Labute approximate surface area is 238 Å². The Hall–Kier alpha value is -3.03. The van der Waals surface area contributed by atoms with Gasteiger partial charge in [0.05, 0.1) is 41.1 Å². The largest absolute Gasteiger partial charge is 0.400 e. The van der Waals surface area contributed by atoms with Gasteiger partial charge in [-0.15, -0.1) is 21.0 Å². The third-order valence-electron chi connectivity index (χ3n) is 8.37. The fourth-order valence-corrected chi connectivity index (χ4v) is 7.80. The lowest BCUT2D eigenvalue weighted by Gasteiger charge is -2.44. The van der Waals surface area contributed by atoms with Gasteiger partial charge in [-0.3, -0.25) is 9.88 Å². The minimum absolute atomic E-state index is 0.277. The number of anilines is 2. The van der Waals surface area contributed by atoms with E-state index in [1.807, 2.05) is 19.0 Å². The molecule has 2 N–H and O–H groups in total. The Kier molecular flexibility index (Phi) is 6.35. The average molecular weight is 577 g/mol. The van der Waals surface area contributed by atoms with Crippen LogP contribution >= 0.6 is 21.0 Å². The Morgan fingerprint density at radius 1 is 1.18 bits per heavy atom. The van der Waals surface area contributed by atoms with E-state index in [2.05, 4.69) is 30.1 Å². The number of hydrogen-bond donors (Lipinski definition) is 1. The highest BCUT2D eigenvalue weighted by Crippen LogP contribution is 2.46. The monoisotopic (exact) mass is 576 g/mol. The maximum absolute atomic E-state index is 15.0. The maximum Gasteiger partial charge on any atom is 0.228 e. The van der Waals surface area contributed by atoms with E-state index in [0.29, 0.717) is 52.8 Å². The van der Waals surface area contributed by atoms with Crippen molar-refractivity contribution in [2.24, 2.45) is 5.73 Å². The van der Waals surface area contributed by atoms with E-state index in [0.717, 1.165) is 51.8 Å². The van der Waals surface area contributed by atoms with Crippen molar-refractivity contribution >= 4 is 54.5 Å². The molecule has 7 rings (SSSR count). The molecular weight excluding hydrogens is 546 g/mol. The normalized spacial score (nSPS) is 19.1. The van der Waals surface area contributed by atoms with Crippen LogP contribution < -0.4 is 20.8 Å². The molecule has 2 aromatic heterocycles. The Balaban J connectivity index is 1.44. The molecular formula is C28H30FN8OPS. The van der Waals surface area contributed by atoms with Gasteiger partial charge in [0.25, 0.3) is 0 Å². The summed E-state index contributed by atoms with van der Waals surface area (Å²) in [6, 6.07) is 2.76. The fraction of sp³-hybridized carbons (Fsp3) is 0.429.